The minimum Gasteiger partial charge on any atom is -0.317 e. The monoisotopic (exact) mass is 212 g/mol. The Hall–Kier alpha value is -0.0800. The molecule has 0 aliphatic carbocycles. The van der Waals surface area contributed by atoms with E-state index in [4.69, 9.17) is 0 Å². The molecule has 0 aromatic heterocycles. The second-order valence-electron chi connectivity index (χ2n) is 5.21. The summed E-state index contributed by atoms with van der Waals surface area (Å²) >= 11 is 0. The molecule has 1 unspecified atom stereocenters. The van der Waals surface area contributed by atoms with Crippen LogP contribution in [-0.4, -0.2) is 37.6 Å². The fraction of sp³-hybridized carbons (Fsp3) is 1.00. The van der Waals surface area contributed by atoms with Gasteiger partial charge in [-0.1, -0.05) is 13.3 Å². The number of nitrogens with zero attached hydrogens (tertiary/aromatic N) is 1. The van der Waals surface area contributed by atoms with E-state index in [1.165, 1.54) is 51.7 Å². The molecule has 1 rings (SSSR count). The van der Waals surface area contributed by atoms with Gasteiger partial charge in [-0.15, -0.1) is 0 Å². The lowest BCUT2D eigenvalue weighted by Gasteiger charge is -2.30. The molecule has 0 aromatic carbocycles. The van der Waals surface area contributed by atoms with Crippen LogP contribution in [0.3, 0.4) is 0 Å². The second-order valence-corrected chi connectivity index (χ2v) is 5.21. The first-order valence-corrected chi connectivity index (χ1v) is 6.62. The lowest BCUT2D eigenvalue weighted by Crippen LogP contribution is -2.33. The average molecular weight is 212 g/mol. The van der Waals surface area contributed by atoms with Crippen LogP contribution in [0.4, 0.5) is 0 Å². The van der Waals surface area contributed by atoms with Crippen LogP contribution in [0, 0.1) is 5.92 Å². The van der Waals surface area contributed by atoms with Crippen molar-refractivity contribution in [2.24, 2.45) is 5.92 Å². The molecule has 1 aliphatic rings. The molecule has 0 amide bonds. The smallest absolute Gasteiger partial charge is 0.00357 e. The molecule has 1 saturated heterocycles. The molecular weight excluding hydrogens is 184 g/mol. The topological polar surface area (TPSA) is 15.3 Å². The van der Waals surface area contributed by atoms with Gasteiger partial charge in [-0.25, -0.2) is 0 Å². The molecular formula is C13H28N2. The quantitative estimate of drug-likeness (QED) is 0.681. The predicted octanol–water partition coefficient (Wildman–Crippen LogP) is 2.50. The van der Waals surface area contributed by atoms with Crippen molar-refractivity contribution in [2.45, 2.75) is 52.0 Å². The van der Waals surface area contributed by atoms with E-state index in [1.807, 2.05) is 0 Å². The summed E-state index contributed by atoms with van der Waals surface area (Å²) in [6, 6.07) is 0.686. The predicted molar refractivity (Wildman–Crippen MR) is 67.2 cm³/mol. The average Bonchev–Trinajstić information content (AvgIpc) is 2.26. The van der Waals surface area contributed by atoms with Gasteiger partial charge in [0.2, 0.25) is 0 Å². The van der Waals surface area contributed by atoms with E-state index in [-0.39, 0.29) is 0 Å². The number of hydrogen-bond acceptors (Lipinski definition) is 2. The van der Waals surface area contributed by atoms with Crippen LogP contribution in [0.15, 0.2) is 0 Å². The zero-order chi connectivity index (χ0) is 11.1. The number of likely N-dealkylation sites (tertiary alicyclic amines) is 1. The lowest BCUT2D eigenvalue weighted by molar-refractivity contribution is 0.188. The van der Waals surface area contributed by atoms with Crippen LogP contribution >= 0.6 is 0 Å². The summed E-state index contributed by atoms with van der Waals surface area (Å²) in [5.41, 5.74) is 0. The van der Waals surface area contributed by atoms with E-state index in [0.29, 0.717) is 6.04 Å². The summed E-state index contributed by atoms with van der Waals surface area (Å²) in [4.78, 5) is 2.64. The molecule has 0 bridgehead atoms. The molecule has 0 saturated carbocycles. The van der Waals surface area contributed by atoms with Crippen molar-refractivity contribution in [1.82, 2.24) is 10.2 Å². The van der Waals surface area contributed by atoms with Crippen LogP contribution in [0.25, 0.3) is 0 Å². The van der Waals surface area contributed by atoms with Crippen molar-refractivity contribution in [3.8, 4) is 0 Å². The number of piperidine rings is 1. The maximum absolute atomic E-state index is 3.30. The Morgan fingerprint density at radius 3 is 2.53 bits per heavy atom. The van der Waals surface area contributed by atoms with Gasteiger partial charge in [-0.2, -0.15) is 0 Å². The van der Waals surface area contributed by atoms with Gasteiger partial charge in [-0.3, -0.25) is 0 Å². The van der Waals surface area contributed by atoms with Crippen molar-refractivity contribution >= 4 is 0 Å². The van der Waals surface area contributed by atoms with Gasteiger partial charge in [0.25, 0.3) is 0 Å². The molecule has 2 nitrogen and oxygen atoms in total. The van der Waals surface area contributed by atoms with Crippen molar-refractivity contribution in [1.29, 1.82) is 0 Å². The molecule has 0 radical (unpaired) electrons. The summed E-state index contributed by atoms with van der Waals surface area (Å²) in [6.07, 6.45) is 6.88. The fourth-order valence-electron chi connectivity index (χ4n) is 2.22. The maximum Gasteiger partial charge on any atom is 0.00357 e. The Bertz CT molecular complexity index is 151. The van der Waals surface area contributed by atoms with Crippen LogP contribution in [0.1, 0.15) is 46.0 Å². The highest BCUT2D eigenvalue weighted by Crippen LogP contribution is 2.16. The van der Waals surface area contributed by atoms with E-state index in [2.05, 4.69) is 31.1 Å². The first kappa shape index (κ1) is 13.0. The summed E-state index contributed by atoms with van der Waals surface area (Å²) in [5, 5.41) is 3.30. The molecule has 0 spiro atoms. The van der Waals surface area contributed by atoms with Crippen LogP contribution in [-0.2, 0) is 0 Å². The Morgan fingerprint density at radius 2 is 1.93 bits per heavy atom. The zero-order valence-electron chi connectivity index (χ0n) is 10.8. The van der Waals surface area contributed by atoms with E-state index >= 15 is 0 Å². The van der Waals surface area contributed by atoms with Gasteiger partial charge in [0.05, 0.1) is 0 Å². The Morgan fingerprint density at radius 1 is 1.27 bits per heavy atom. The van der Waals surface area contributed by atoms with Crippen LogP contribution < -0.4 is 5.32 Å². The molecule has 1 atom stereocenters. The highest BCUT2D eigenvalue weighted by Gasteiger charge is 2.14. The van der Waals surface area contributed by atoms with E-state index in [9.17, 15) is 0 Å². The Labute approximate surface area is 95.4 Å². The Balaban J connectivity index is 1.96. The SMILES string of the molecule is CNC(C)CCCCN1CCC(C)CC1. The van der Waals surface area contributed by atoms with Crippen LogP contribution in [0.5, 0.6) is 0 Å². The molecule has 1 aliphatic heterocycles. The third-order valence-corrected chi connectivity index (χ3v) is 3.73. The minimum atomic E-state index is 0.686. The van der Waals surface area contributed by atoms with Gasteiger partial charge >= 0.3 is 0 Å². The van der Waals surface area contributed by atoms with E-state index in [1.54, 1.807) is 0 Å². The van der Waals surface area contributed by atoms with Crippen molar-refractivity contribution in [3.05, 3.63) is 0 Å². The normalized spacial score (nSPS) is 21.8. The molecule has 1 N–H and O–H groups in total. The van der Waals surface area contributed by atoms with Crippen molar-refractivity contribution < 1.29 is 0 Å². The maximum atomic E-state index is 3.30. The number of nitrogens with one attached hydrogen (secondary N) is 1. The summed E-state index contributed by atoms with van der Waals surface area (Å²) in [6.45, 7) is 8.64. The zero-order valence-corrected chi connectivity index (χ0v) is 10.8. The van der Waals surface area contributed by atoms with Crippen molar-refractivity contribution in [3.63, 3.8) is 0 Å². The number of hydrogen-bond donors (Lipinski definition) is 1. The van der Waals surface area contributed by atoms with E-state index < -0.39 is 0 Å². The summed E-state index contributed by atoms with van der Waals surface area (Å²) in [5.74, 6) is 0.963. The summed E-state index contributed by atoms with van der Waals surface area (Å²) < 4.78 is 0. The highest BCUT2D eigenvalue weighted by molar-refractivity contribution is 4.69. The third-order valence-electron chi connectivity index (χ3n) is 3.73. The largest absolute Gasteiger partial charge is 0.317 e. The third kappa shape index (κ3) is 5.53. The number of rotatable bonds is 6. The highest BCUT2D eigenvalue weighted by atomic mass is 15.1. The Kier molecular flexibility index (Phi) is 6.26. The van der Waals surface area contributed by atoms with Gasteiger partial charge in [0.1, 0.15) is 0 Å². The lowest BCUT2D eigenvalue weighted by atomic mass is 9.99. The standard InChI is InChI=1S/C13H28N2/c1-12-7-10-15(11-8-12)9-5-4-6-13(2)14-3/h12-14H,4-11H2,1-3H3. The molecule has 1 heterocycles. The van der Waals surface area contributed by atoms with Gasteiger partial charge in [0.15, 0.2) is 0 Å². The van der Waals surface area contributed by atoms with Gasteiger partial charge < -0.3 is 10.2 Å². The van der Waals surface area contributed by atoms with Crippen molar-refractivity contribution in [2.75, 3.05) is 26.7 Å². The molecule has 90 valence electrons. The molecule has 0 aromatic rings. The first-order chi connectivity index (χ1) is 7.22. The second kappa shape index (κ2) is 7.24. The van der Waals surface area contributed by atoms with Gasteiger partial charge in [0, 0.05) is 6.04 Å². The van der Waals surface area contributed by atoms with Crippen LogP contribution in [0.2, 0.25) is 0 Å². The summed E-state index contributed by atoms with van der Waals surface area (Å²) in [7, 11) is 2.05. The first-order valence-electron chi connectivity index (χ1n) is 6.62. The molecule has 1 fully saturated rings. The minimum absolute atomic E-state index is 0.686. The van der Waals surface area contributed by atoms with Gasteiger partial charge in [-0.05, 0) is 65.2 Å². The fourth-order valence-corrected chi connectivity index (χ4v) is 2.22. The van der Waals surface area contributed by atoms with E-state index in [0.717, 1.165) is 5.92 Å². The molecule has 15 heavy (non-hydrogen) atoms. The number of unbranched alkanes of at least 4 members (excludes halogenated alkanes) is 1. The molecule has 2 heteroatoms.